The fraction of sp³-hybridized carbons (Fsp3) is 0.111. The molecule has 1 amide bonds. The minimum atomic E-state index is -0.477. The summed E-state index contributed by atoms with van der Waals surface area (Å²) in [6.45, 7) is -0.209. The molecule has 25 heavy (non-hydrogen) atoms. The number of fused-ring (bicyclic) bond motifs is 1. The van der Waals surface area contributed by atoms with Crippen LogP contribution in [0.2, 0.25) is 0 Å². The summed E-state index contributed by atoms with van der Waals surface area (Å²) in [6, 6.07) is 12.6. The second kappa shape index (κ2) is 6.93. The third-order valence-electron chi connectivity index (χ3n) is 3.62. The number of rotatable bonds is 4. The standard InChI is InChI=1S/C18H13FN4O2/c19-13-3-6-15-16(9-13)21-11-23(18(15)25)10-17(24)22-14-4-1-12(2-5-14)7-8-20/h1-6,9,11H,7,10H2,(H,22,24). The Hall–Kier alpha value is -3.53. The fourth-order valence-corrected chi connectivity index (χ4v) is 2.40. The van der Waals surface area contributed by atoms with E-state index in [9.17, 15) is 14.0 Å². The molecular formula is C18H13FN4O2. The Morgan fingerprint density at radius 3 is 2.72 bits per heavy atom. The largest absolute Gasteiger partial charge is 0.325 e. The second-order valence-electron chi connectivity index (χ2n) is 5.42. The van der Waals surface area contributed by atoms with Crippen LogP contribution in [0, 0.1) is 17.1 Å². The average Bonchev–Trinajstić information content (AvgIpc) is 2.59. The maximum atomic E-state index is 13.2. The first-order valence-corrected chi connectivity index (χ1v) is 7.47. The number of amides is 1. The van der Waals surface area contributed by atoms with Gasteiger partial charge in [-0.25, -0.2) is 9.37 Å². The van der Waals surface area contributed by atoms with Crippen molar-refractivity contribution in [2.24, 2.45) is 0 Å². The van der Waals surface area contributed by atoms with E-state index in [1.807, 2.05) is 6.07 Å². The van der Waals surface area contributed by atoms with Crippen molar-refractivity contribution in [2.75, 3.05) is 5.32 Å². The molecule has 1 heterocycles. The molecule has 0 unspecified atom stereocenters. The lowest BCUT2D eigenvalue weighted by Crippen LogP contribution is -2.27. The molecule has 7 heteroatoms. The number of nitriles is 1. The van der Waals surface area contributed by atoms with Crippen LogP contribution in [-0.2, 0) is 17.8 Å². The van der Waals surface area contributed by atoms with E-state index in [4.69, 9.17) is 5.26 Å². The van der Waals surface area contributed by atoms with Crippen LogP contribution in [-0.4, -0.2) is 15.5 Å². The van der Waals surface area contributed by atoms with Crippen molar-refractivity contribution in [3.05, 3.63) is 70.5 Å². The number of halogens is 1. The van der Waals surface area contributed by atoms with Gasteiger partial charge < -0.3 is 5.32 Å². The zero-order valence-electron chi connectivity index (χ0n) is 13.1. The van der Waals surface area contributed by atoms with Crippen LogP contribution in [0.25, 0.3) is 10.9 Å². The van der Waals surface area contributed by atoms with Crippen molar-refractivity contribution in [2.45, 2.75) is 13.0 Å². The quantitative estimate of drug-likeness (QED) is 0.791. The average molecular weight is 336 g/mol. The Kier molecular flexibility index (Phi) is 4.53. The number of carbonyl (C=O) groups is 1. The minimum absolute atomic E-state index is 0.209. The minimum Gasteiger partial charge on any atom is -0.325 e. The summed E-state index contributed by atoms with van der Waals surface area (Å²) in [6.07, 6.45) is 1.52. The lowest BCUT2D eigenvalue weighted by atomic mass is 10.1. The van der Waals surface area contributed by atoms with Gasteiger partial charge in [0.2, 0.25) is 5.91 Å². The van der Waals surface area contributed by atoms with Gasteiger partial charge in [0.05, 0.1) is 29.7 Å². The van der Waals surface area contributed by atoms with E-state index in [0.29, 0.717) is 12.1 Å². The first-order chi connectivity index (χ1) is 12.1. The molecule has 0 bridgehead atoms. The predicted molar refractivity (Wildman–Crippen MR) is 90.3 cm³/mol. The number of hydrogen-bond donors (Lipinski definition) is 1. The van der Waals surface area contributed by atoms with Crippen LogP contribution < -0.4 is 10.9 Å². The lowest BCUT2D eigenvalue weighted by Gasteiger charge is -2.08. The van der Waals surface area contributed by atoms with Gasteiger partial charge in [0.1, 0.15) is 12.4 Å². The highest BCUT2D eigenvalue weighted by Gasteiger charge is 2.09. The first kappa shape index (κ1) is 16.3. The third kappa shape index (κ3) is 3.70. The number of nitrogens with zero attached hydrogens (tertiary/aromatic N) is 3. The summed E-state index contributed by atoms with van der Waals surface area (Å²) in [4.78, 5) is 28.5. The van der Waals surface area contributed by atoms with Gasteiger partial charge in [-0.15, -0.1) is 0 Å². The van der Waals surface area contributed by atoms with Crippen molar-refractivity contribution in [3.8, 4) is 6.07 Å². The number of aromatic nitrogens is 2. The number of anilines is 1. The van der Waals surface area contributed by atoms with Crippen molar-refractivity contribution in [1.82, 2.24) is 9.55 Å². The summed E-state index contributed by atoms with van der Waals surface area (Å²) >= 11 is 0. The van der Waals surface area contributed by atoms with Crippen molar-refractivity contribution >= 4 is 22.5 Å². The second-order valence-corrected chi connectivity index (χ2v) is 5.42. The van der Waals surface area contributed by atoms with Crippen LogP contribution >= 0.6 is 0 Å². The lowest BCUT2D eigenvalue weighted by molar-refractivity contribution is -0.116. The Balaban J connectivity index is 1.75. The SMILES string of the molecule is N#CCc1ccc(NC(=O)Cn2cnc3cc(F)ccc3c2=O)cc1. The van der Waals surface area contributed by atoms with Gasteiger partial charge in [0.25, 0.3) is 5.56 Å². The predicted octanol–water partition coefficient (Wildman–Crippen LogP) is 2.24. The first-order valence-electron chi connectivity index (χ1n) is 7.47. The molecule has 0 saturated heterocycles. The van der Waals surface area contributed by atoms with E-state index in [2.05, 4.69) is 10.3 Å². The summed E-state index contributed by atoms with van der Waals surface area (Å²) in [5, 5.41) is 11.6. The molecule has 0 fully saturated rings. The van der Waals surface area contributed by atoms with E-state index < -0.39 is 17.3 Å². The van der Waals surface area contributed by atoms with Gasteiger partial charge in [-0.1, -0.05) is 12.1 Å². The van der Waals surface area contributed by atoms with Gasteiger partial charge in [-0.3, -0.25) is 14.2 Å². The summed E-state index contributed by atoms with van der Waals surface area (Å²) in [7, 11) is 0. The maximum absolute atomic E-state index is 13.2. The molecule has 2 aromatic carbocycles. The number of carbonyl (C=O) groups excluding carboxylic acids is 1. The van der Waals surface area contributed by atoms with Crippen molar-refractivity contribution in [3.63, 3.8) is 0 Å². The normalized spacial score (nSPS) is 10.4. The highest BCUT2D eigenvalue weighted by Crippen LogP contribution is 2.11. The number of nitrogens with one attached hydrogen (secondary N) is 1. The Morgan fingerprint density at radius 1 is 1.24 bits per heavy atom. The summed E-state index contributed by atoms with van der Waals surface area (Å²) in [5.41, 5.74) is 1.25. The topological polar surface area (TPSA) is 87.8 Å². The molecular weight excluding hydrogens is 323 g/mol. The molecule has 0 atom stereocenters. The van der Waals surface area contributed by atoms with E-state index in [-0.39, 0.29) is 17.4 Å². The Bertz CT molecular complexity index is 1040. The highest BCUT2D eigenvalue weighted by atomic mass is 19.1. The molecule has 0 saturated carbocycles. The van der Waals surface area contributed by atoms with Crippen LogP contribution in [0.4, 0.5) is 10.1 Å². The third-order valence-corrected chi connectivity index (χ3v) is 3.62. The summed E-state index contributed by atoms with van der Waals surface area (Å²) < 4.78 is 14.3. The molecule has 0 spiro atoms. The van der Waals surface area contributed by atoms with Gasteiger partial charge in [0, 0.05) is 11.8 Å². The summed E-state index contributed by atoms with van der Waals surface area (Å²) in [5.74, 6) is -0.867. The van der Waals surface area contributed by atoms with Gasteiger partial charge >= 0.3 is 0 Å². The maximum Gasteiger partial charge on any atom is 0.261 e. The molecule has 1 aromatic heterocycles. The fourth-order valence-electron chi connectivity index (χ4n) is 2.40. The van der Waals surface area contributed by atoms with Crippen molar-refractivity contribution in [1.29, 1.82) is 5.26 Å². The van der Waals surface area contributed by atoms with Crippen molar-refractivity contribution < 1.29 is 9.18 Å². The van der Waals surface area contributed by atoms with Crippen LogP contribution in [0.1, 0.15) is 5.56 Å². The van der Waals surface area contributed by atoms with Crippen LogP contribution in [0.3, 0.4) is 0 Å². The smallest absolute Gasteiger partial charge is 0.261 e. The van der Waals surface area contributed by atoms with Crippen LogP contribution in [0.5, 0.6) is 0 Å². The molecule has 124 valence electrons. The van der Waals surface area contributed by atoms with E-state index >= 15 is 0 Å². The molecule has 0 radical (unpaired) electrons. The molecule has 3 rings (SSSR count). The van der Waals surface area contributed by atoms with E-state index in [1.54, 1.807) is 24.3 Å². The highest BCUT2D eigenvalue weighted by molar-refractivity contribution is 5.90. The van der Waals surface area contributed by atoms with Crippen LogP contribution in [0.15, 0.2) is 53.6 Å². The molecule has 6 nitrogen and oxygen atoms in total. The molecule has 3 aromatic rings. The van der Waals surface area contributed by atoms with E-state index in [1.165, 1.54) is 29.1 Å². The van der Waals surface area contributed by atoms with Gasteiger partial charge in [-0.2, -0.15) is 5.26 Å². The van der Waals surface area contributed by atoms with E-state index in [0.717, 1.165) is 5.56 Å². The van der Waals surface area contributed by atoms with Gasteiger partial charge in [0.15, 0.2) is 0 Å². The molecule has 0 aliphatic rings. The number of hydrogen-bond acceptors (Lipinski definition) is 4. The molecule has 0 aliphatic carbocycles. The van der Waals surface area contributed by atoms with Gasteiger partial charge in [-0.05, 0) is 29.8 Å². The Labute approximate surface area is 142 Å². The number of benzene rings is 2. The zero-order chi connectivity index (χ0) is 17.8. The Morgan fingerprint density at radius 2 is 2.00 bits per heavy atom. The molecule has 1 N–H and O–H groups in total. The monoisotopic (exact) mass is 336 g/mol. The molecule has 0 aliphatic heterocycles. The zero-order valence-corrected chi connectivity index (χ0v) is 13.1.